The monoisotopic (exact) mass is 464 g/mol. The molecule has 1 atom stereocenters. The zero-order chi connectivity index (χ0) is 23.7. The SMILES string of the molecule is C=CCOC(=O)c1sc(N2C(=O)C(=O)/C(=C(/O)c3ccc(C)cc3)C2c2ccco2)nc1C. The number of anilines is 1. The molecule has 3 aromatic rings. The average molecular weight is 464 g/mol. The summed E-state index contributed by atoms with van der Waals surface area (Å²) >= 11 is 0.921. The van der Waals surface area contributed by atoms with Crippen LogP contribution < -0.4 is 4.90 Å². The number of ketones is 1. The molecule has 3 heterocycles. The third-order valence-electron chi connectivity index (χ3n) is 5.09. The molecular weight excluding hydrogens is 444 g/mol. The van der Waals surface area contributed by atoms with E-state index in [2.05, 4.69) is 11.6 Å². The number of ether oxygens (including phenoxy) is 1. The Balaban J connectivity index is 1.84. The number of amides is 1. The van der Waals surface area contributed by atoms with Crippen molar-refractivity contribution < 1.29 is 28.6 Å². The van der Waals surface area contributed by atoms with Gasteiger partial charge in [-0.2, -0.15) is 0 Å². The number of carbonyl (C=O) groups is 3. The maximum Gasteiger partial charge on any atom is 0.350 e. The van der Waals surface area contributed by atoms with Gasteiger partial charge in [-0.25, -0.2) is 9.78 Å². The number of nitrogens with zero attached hydrogens (tertiary/aromatic N) is 2. The summed E-state index contributed by atoms with van der Waals surface area (Å²) in [5.74, 6) is -2.42. The van der Waals surface area contributed by atoms with Crippen molar-refractivity contribution in [3.05, 3.63) is 88.3 Å². The Morgan fingerprint density at radius 2 is 2.00 bits per heavy atom. The highest BCUT2D eigenvalue weighted by atomic mass is 32.1. The van der Waals surface area contributed by atoms with E-state index in [1.165, 1.54) is 12.3 Å². The normalized spacial score (nSPS) is 17.4. The molecule has 1 aliphatic heterocycles. The number of aromatic nitrogens is 1. The van der Waals surface area contributed by atoms with Gasteiger partial charge in [0.25, 0.3) is 5.78 Å². The molecule has 1 aromatic carbocycles. The minimum Gasteiger partial charge on any atom is -0.507 e. The summed E-state index contributed by atoms with van der Waals surface area (Å²) in [5.41, 5.74) is 1.59. The maximum absolute atomic E-state index is 13.1. The summed E-state index contributed by atoms with van der Waals surface area (Å²) in [6.07, 6.45) is 2.85. The predicted octanol–water partition coefficient (Wildman–Crippen LogP) is 4.32. The molecule has 1 fully saturated rings. The quantitative estimate of drug-likeness (QED) is 0.190. The fourth-order valence-corrected chi connectivity index (χ4v) is 4.47. The van der Waals surface area contributed by atoms with Gasteiger partial charge in [-0.1, -0.05) is 53.8 Å². The van der Waals surface area contributed by atoms with Crippen LogP contribution in [0.25, 0.3) is 5.76 Å². The highest BCUT2D eigenvalue weighted by molar-refractivity contribution is 7.17. The summed E-state index contributed by atoms with van der Waals surface area (Å²) in [6.45, 7) is 7.04. The molecule has 8 nitrogen and oxygen atoms in total. The number of carbonyl (C=O) groups excluding carboxylic acids is 3. The summed E-state index contributed by atoms with van der Waals surface area (Å²) < 4.78 is 10.6. The highest BCUT2D eigenvalue weighted by Crippen LogP contribution is 2.44. The van der Waals surface area contributed by atoms with Gasteiger partial charge in [0, 0.05) is 5.56 Å². The van der Waals surface area contributed by atoms with E-state index in [4.69, 9.17) is 9.15 Å². The van der Waals surface area contributed by atoms with Gasteiger partial charge in [0.1, 0.15) is 29.0 Å². The van der Waals surface area contributed by atoms with E-state index in [0.717, 1.165) is 21.8 Å². The zero-order valence-corrected chi connectivity index (χ0v) is 18.7. The number of aryl methyl sites for hydroxylation is 2. The van der Waals surface area contributed by atoms with Gasteiger partial charge in [-0.3, -0.25) is 14.5 Å². The van der Waals surface area contributed by atoms with Gasteiger partial charge in [-0.05, 0) is 26.0 Å². The van der Waals surface area contributed by atoms with Gasteiger partial charge in [-0.15, -0.1) is 0 Å². The Morgan fingerprint density at radius 3 is 2.64 bits per heavy atom. The number of Topliss-reactive ketones (excluding diaryl/α,β-unsaturated/α-hetero) is 1. The van der Waals surface area contributed by atoms with E-state index in [0.29, 0.717) is 11.3 Å². The third-order valence-corrected chi connectivity index (χ3v) is 6.23. The van der Waals surface area contributed by atoms with Crippen LogP contribution in [-0.4, -0.2) is 34.4 Å². The van der Waals surface area contributed by atoms with Crippen LogP contribution in [-0.2, 0) is 14.3 Å². The number of aliphatic hydroxyl groups excluding tert-OH is 1. The molecule has 1 aliphatic rings. The summed E-state index contributed by atoms with van der Waals surface area (Å²) in [4.78, 5) is 44.2. The molecule has 0 saturated carbocycles. The minimum atomic E-state index is -1.05. The molecule has 0 bridgehead atoms. The van der Waals surface area contributed by atoms with Crippen molar-refractivity contribution >= 4 is 39.9 Å². The fraction of sp³-hybridized carbons (Fsp3) is 0.167. The van der Waals surface area contributed by atoms with Crippen LogP contribution in [0.1, 0.15) is 38.3 Å². The molecule has 0 spiro atoms. The van der Waals surface area contributed by atoms with Gasteiger partial charge in [0.15, 0.2) is 5.13 Å². The predicted molar refractivity (Wildman–Crippen MR) is 122 cm³/mol. The number of rotatable bonds is 6. The molecule has 33 heavy (non-hydrogen) atoms. The number of hydrogen-bond donors (Lipinski definition) is 1. The molecule has 0 radical (unpaired) electrons. The lowest BCUT2D eigenvalue weighted by molar-refractivity contribution is -0.132. The van der Waals surface area contributed by atoms with E-state index >= 15 is 0 Å². The number of benzene rings is 1. The minimum absolute atomic E-state index is 0.0268. The van der Waals surface area contributed by atoms with Crippen LogP contribution >= 0.6 is 11.3 Å². The first-order chi connectivity index (χ1) is 15.8. The van der Waals surface area contributed by atoms with Gasteiger partial charge < -0.3 is 14.3 Å². The molecule has 1 saturated heterocycles. The van der Waals surface area contributed by atoms with Crippen LogP contribution in [0.4, 0.5) is 5.13 Å². The zero-order valence-electron chi connectivity index (χ0n) is 17.9. The van der Waals surface area contributed by atoms with E-state index < -0.39 is 23.7 Å². The van der Waals surface area contributed by atoms with Crippen molar-refractivity contribution in [2.24, 2.45) is 0 Å². The van der Waals surface area contributed by atoms with Crippen molar-refractivity contribution in [1.29, 1.82) is 0 Å². The Morgan fingerprint density at radius 1 is 1.27 bits per heavy atom. The Bertz CT molecular complexity index is 1270. The smallest absolute Gasteiger partial charge is 0.350 e. The average Bonchev–Trinajstić information content (AvgIpc) is 3.51. The number of esters is 1. The first-order valence-electron chi connectivity index (χ1n) is 10.0. The summed E-state index contributed by atoms with van der Waals surface area (Å²) in [6, 6.07) is 9.08. The van der Waals surface area contributed by atoms with Crippen LogP contribution in [0.5, 0.6) is 0 Å². The molecule has 4 rings (SSSR count). The number of thiazole rings is 1. The largest absolute Gasteiger partial charge is 0.507 e. The summed E-state index contributed by atoms with van der Waals surface area (Å²) in [5, 5.41) is 11.1. The molecule has 1 N–H and O–H groups in total. The van der Waals surface area contributed by atoms with E-state index in [1.807, 2.05) is 6.92 Å². The second-order valence-electron chi connectivity index (χ2n) is 7.35. The Hall–Kier alpha value is -3.98. The number of aliphatic hydroxyl groups is 1. The standard InChI is InChI=1S/C24H20N2O6S/c1-4-11-32-23(30)21-14(3)25-24(33-21)26-18(16-6-5-12-31-16)17(20(28)22(26)29)19(27)15-9-7-13(2)8-10-15/h4-10,12,18,27H,1,11H2,2-3H3/b19-17+. The molecular formula is C24H20N2O6S. The molecule has 0 aliphatic carbocycles. The Labute approximate surface area is 193 Å². The van der Waals surface area contributed by atoms with Gasteiger partial charge in [0.05, 0.1) is 17.5 Å². The molecule has 168 valence electrons. The van der Waals surface area contributed by atoms with E-state index in [9.17, 15) is 19.5 Å². The first-order valence-corrected chi connectivity index (χ1v) is 10.8. The van der Waals surface area contributed by atoms with Crippen molar-refractivity contribution in [2.45, 2.75) is 19.9 Å². The van der Waals surface area contributed by atoms with Crippen molar-refractivity contribution in [3.8, 4) is 0 Å². The lowest BCUT2D eigenvalue weighted by Gasteiger charge is -2.20. The Kier molecular flexibility index (Phi) is 5.97. The highest BCUT2D eigenvalue weighted by Gasteiger charge is 2.49. The third kappa shape index (κ3) is 3.98. The van der Waals surface area contributed by atoms with Crippen LogP contribution in [0.3, 0.4) is 0 Å². The molecule has 9 heteroatoms. The summed E-state index contributed by atoms with van der Waals surface area (Å²) in [7, 11) is 0. The second-order valence-corrected chi connectivity index (χ2v) is 8.33. The number of hydrogen-bond acceptors (Lipinski definition) is 8. The van der Waals surface area contributed by atoms with E-state index in [1.54, 1.807) is 43.3 Å². The molecule has 1 unspecified atom stereocenters. The fourth-order valence-electron chi connectivity index (χ4n) is 3.49. The van der Waals surface area contributed by atoms with E-state index in [-0.39, 0.29) is 33.7 Å². The maximum atomic E-state index is 13.1. The topological polar surface area (TPSA) is 110 Å². The van der Waals surface area contributed by atoms with Crippen molar-refractivity contribution in [1.82, 2.24) is 4.98 Å². The van der Waals surface area contributed by atoms with Crippen LogP contribution in [0, 0.1) is 13.8 Å². The van der Waals surface area contributed by atoms with Gasteiger partial charge in [0.2, 0.25) is 0 Å². The van der Waals surface area contributed by atoms with Crippen LogP contribution in [0.2, 0.25) is 0 Å². The van der Waals surface area contributed by atoms with Gasteiger partial charge >= 0.3 is 11.9 Å². The lowest BCUT2D eigenvalue weighted by atomic mass is 9.99. The van der Waals surface area contributed by atoms with Crippen molar-refractivity contribution in [3.63, 3.8) is 0 Å². The lowest BCUT2D eigenvalue weighted by Crippen LogP contribution is -2.29. The van der Waals surface area contributed by atoms with Crippen LogP contribution in [0.15, 0.2) is 65.3 Å². The molecule has 1 amide bonds. The van der Waals surface area contributed by atoms with Crippen molar-refractivity contribution in [2.75, 3.05) is 11.5 Å². The molecule has 2 aromatic heterocycles. The first kappa shape index (κ1) is 22.2. The number of furan rings is 1. The second kappa shape index (κ2) is 8.87.